The van der Waals surface area contributed by atoms with Gasteiger partial charge in [-0.05, 0) is 29.7 Å². The highest BCUT2D eigenvalue weighted by atomic mass is 16.7. The van der Waals surface area contributed by atoms with Crippen LogP contribution in [0.3, 0.4) is 0 Å². The van der Waals surface area contributed by atoms with Gasteiger partial charge in [0.2, 0.25) is 11.1 Å². The third-order valence-electron chi connectivity index (χ3n) is 4.26. The van der Waals surface area contributed by atoms with Gasteiger partial charge in [-0.3, -0.25) is 4.79 Å². The topological polar surface area (TPSA) is 108 Å². The Labute approximate surface area is 142 Å². The number of fused-ring (bicyclic) bond motifs is 2. The molecule has 0 spiro atoms. The van der Waals surface area contributed by atoms with Gasteiger partial charge in [-0.2, -0.15) is 4.98 Å². The average Bonchev–Trinajstić information content (AvgIpc) is 3.00. The van der Waals surface area contributed by atoms with Gasteiger partial charge in [-0.25, -0.2) is 4.79 Å². The maximum absolute atomic E-state index is 12.9. The summed E-state index contributed by atoms with van der Waals surface area (Å²) in [7, 11) is 0. The van der Waals surface area contributed by atoms with E-state index in [2.05, 4.69) is 28.8 Å². The van der Waals surface area contributed by atoms with Gasteiger partial charge < -0.3 is 15.0 Å². The number of pyridine rings is 1. The molecule has 0 atom stereocenters. The molecule has 0 fully saturated rings. The lowest BCUT2D eigenvalue weighted by atomic mass is 10.0. The summed E-state index contributed by atoms with van der Waals surface area (Å²) in [6.07, 6.45) is -0.00615. The van der Waals surface area contributed by atoms with Crippen molar-refractivity contribution >= 4 is 39.6 Å². The van der Waals surface area contributed by atoms with E-state index in [9.17, 15) is 9.59 Å². The van der Waals surface area contributed by atoms with Gasteiger partial charge in [0.1, 0.15) is 17.1 Å². The maximum Gasteiger partial charge on any atom is 0.341 e. The molecule has 1 aliphatic heterocycles. The van der Waals surface area contributed by atoms with Crippen molar-refractivity contribution in [1.29, 1.82) is 0 Å². The van der Waals surface area contributed by atoms with Crippen molar-refractivity contribution in [3.8, 4) is 0 Å². The van der Waals surface area contributed by atoms with Gasteiger partial charge in [0.15, 0.2) is 0 Å². The molecule has 3 heterocycles. The predicted molar refractivity (Wildman–Crippen MR) is 93.5 cm³/mol. The van der Waals surface area contributed by atoms with Crippen LogP contribution in [-0.2, 0) is 9.63 Å². The number of rotatable bonds is 2. The van der Waals surface area contributed by atoms with Crippen LogP contribution in [-0.4, -0.2) is 16.7 Å². The van der Waals surface area contributed by atoms with Gasteiger partial charge in [0.05, 0.1) is 17.2 Å². The highest BCUT2D eigenvalue weighted by Crippen LogP contribution is 2.25. The Balaban J connectivity index is 2.00. The van der Waals surface area contributed by atoms with Crippen LogP contribution < -0.4 is 11.2 Å². The number of oxime groups is 1. The molecule has 0 saturated carbocycles. The van der Waals surface area contributed by atoms with Crippen molar-refractivity contribution in [2.75, 3.05) is 5.73 Å². The minimum atomic E-state index is -0.471. The SMILES string of the molecule is CC(C)c1ccc2oc3nc(N)c(C4=NOC(=O)C4)cc3c(=O)c2c1. The molecule has 0 saturated heterocycles. The number of nitrogens with zero attached hydrogens (tertiary/aromatic N) is 2. The highest BCUT2D eigenvalue weighted by molar-refractivity contribution is 6.14. The van der Waals surface area contributed by atoms with E-state index in [0.717, 1.165) is 5.56 Å². The fourth-order valence-electron chi connectivity index (χ4n) is 2.86. The first-order valence-electron chi connectivity index (χ1n) is 7.88. The first kappa shape index (κ1) is 15.3. The number of anilines is 1. The number of benzene rings is 1. The molecule has 2 N–H and O–H groups in total. The van der Waals surface area contributed by atoms with Crippen LogP contribution in [0.5, 0.6) is 0 Å². The number of aromatic nitrogens is 1. The Hall–Kier alpha value is -3.22. The van der Waals surface area contributed by atoms with E-state index in [-0.39, 0.29) is 29.3 Å². The highest BCUT2D eigenvalue weighted by Gasteiger charge is 2.23. The Kier molecular flexibility index (Phi) is 3.31. The molecule has 2 aromatic heterocycles. The number of carbonyl (C=O) groups is 1. The van der Waals surface area contributed by atoms with E-state index in [4.69, 9.17) is 10.2 Å². The van der Waals surface area contributed by atoms with Crippen LogP contribution in [0, 0.1) is 0 Å². The van der Waals surface area contributed by atoms with Crippen LogP contribution in [0.2, 0.25) is 0 Å². The van der Waals surface area contributed by atoms with Gasteiger partial charge in [-0.15, -0.1) is 0 Å². The zero-order valence-electron chi connectivity index (χ0n) is 13.7. The first-order valence-corrected chi connectivity index (χ1v) is 7.88. The Morgan fingerprint density at radius 1 is 1.16 bits per heavy atom. The van der Waals surface area contributed by atoms with E-state index < -0.39 is 5.97 Å². The minimum absolute atomic E-state index is 0.00615. The molecule has 7 heteroatoms. The fraction of sp³-hybridized carbons (Fsp3) is 0.222. The Morgan fingerprint density at radius 2 is 1.96 bits per heavy atom. The van der Waals surface area contributed by atoms with E-state index >= 15 is 0 Å². The average molecular weight is 337 g/mol. The third kappa shape index (κ3) is 2.44. The van der Waals surface area contributed by atoms with Crippen LogP contribution in [0.15, 0.2) is 38.6 Å². The summed E-state index contributed by atoms with van der Waals surface area (Å²) in [6.45, 7) is 4.11. The molecule has 7 nitrogen and oxygen atoms in total. The van der Waals surface area contributed by atoms with E-state index in [1.165, 1.54) is 0 Å². The molecule has 1 aliphatic rings. The predicted octanol–water partition coefficient (Wildman–Crippen LogP) is 2.70. The van der Waals surface area contributed by atoms with Crippen LogP contribution >= 0.6 is 0 Å². The quantitative estimate of drug-likeness (QED) is 0.569. The number of hydrogen-bond acceptors (Lipinski definition) is 7. The van der Waals surface area contributed by atoms with E-state index in [1.54, 1.807) is 12.1 Å². The summed E-state index contributed by atoms with van der Waals surface area (Å²) >= 11 is 0. The molecule has 1 aromatic carbocycles. The summed E-state index contributed by atoms with van der Waals surface area (Å²) in [6, 6.07) is 7.09. The molecule has 25 heavy (non-hydrogen) atoms. The zero-order chi connectivity index (χ0) is 17.7. The first-order chi connectivity index (χ1) is 11.9. The summed E-state index contributed by atoms with van der Waals surface area (Å²) in [5.74, 6) is -0.0527. The second kappa shape index (κ2) is 5.41. The van der Waals surface area contributed by atoms with Crippen molar-refractivity contribution < 1.29 is 14.0 Å². The minimum Gasteiger partial charge on any atom is -0.437 e. The van der Waals surface area contributed by atoms with E-state index in [1.807, 2.05) is 12.1 Å². The second-order valence-electron chi connectivity index (χ2n) is 6.29. The van der Waals surface area contributed by atoms with E-state index in [0.29, 0.717) is 27.6 Å². The van der Waals surface area contributed by atoms with Crippen molar-refractivity contribution in [1.82, 2.24) is 4.98 Å². The van der Waals surface area contributed by atoms with Crippen molar-refractivity contribution in [3.05, 3.63) is 45.6 Å². The Bertz CT molecular complexity index is 1130. The summed E-state index contributed by atoms with van der Waals surface area (Å²) < 4.78 is 5.75. The van der Waals surface area contributed by atoms with Crippen LogP contribution in [0.4, 0.5) is 5.82 Å². The van der Waals surface area contributed by atoms with Crippen molar-refractivity contribution in [3.63, 3.8) is 0 Å². The number of hydrogen-bond donors (Lipinski definition) is 1. The number of nitrogens with two attached hydrogens (primary N) is 1. The molecule has 0 unspecified atom stereocenters. The smallest absolute Gasteiger partial charge is 0.341 e. The zero-order valence-corrected chi connectivity index (χ0v) is 13.7. The molecule has 126 valence electrons. The lowest BCUT2D eigenvalue weighted by Crippen LogP contribution is -2.10. The maximum atomic E-state index is 12.9. The van der Waals surface area contributed by atoms with Gasteiger partial charge >= 0.3 is 5.97 Å². The molecule has 0 radical (unpaired) electrons. The monoisotopic (exact) mass is 337 g/mol. The van der Waals surface area contributed by atoms with Crippen LogP contribution in [0.1, 0.15) is 37.3 Å². The van der Waals surface area contributed by atoms with Crippen molar-refractivity contribution in [2.24, 2.45) is 5.16 Å². The molecular formula is C18H15N3O4. The molecule has 3 aromatic rings. The number of carbonyl (C=O) groups excluding carboxylic acids is 1. The van der Waals surface area contributed by atoms with Gasteiger partial charge in [0.25, 0.3) is 0 Å². The van der Waals surface area contributed by atoms with Crippen LogP contribution in [0.25, 0.3) is 22.1 Å². The summed E-state index contributed by atoms with van der Waals surface area (Å²) in [5, 5.41) is 4.47. The molecular weight excluding hydrogens is 322 g/mol. The standard InChI is InChI=1S/C18H15N3O4/c1-8(2)9-3-4-14-11(5-9)16(23)12-6-10(13-7-15(22)25-21-13)17(19)20-18(12)24-14/h3-6,8H,7H2,1-2H3,(H2,19,20). The summed E-state index contributed by atoms with van der Waals surface area (Å²) in [5.41, 5.74) is 8.17. The molecule has 0 amide bonds. The Morgan fingerprint density at radius 3 is 2.64 bits per heavy atom. The summed E-state index contributed by atoms with van der Waals surface area (Å²) in [4.78, 5) is 33.0. The lowest BCUT2D eigenvalue weighted by Gasteiger charge is -2.08. The second-order valence-corrected chi connectivity index (χ2v) is 6.29. The normalized spacial score (nSPS) is 14.4. The lowest BCUT2D eigenvalue weighted by molar-refractivity contribution is -0.140. The number of nitrogen functional groups attached to an aromatic ring is 1. The molecule has 0 aliphatic carbocycles. The fourth-order valence-corrected chi connectivity index (χ4v) is 2.86. The van der Waals surface area contributed by atoms with Crippen molar-refractivity contribution in [2.45, 2.75) is 26.2 Å². The van der Waals surface area contributed by atoms with Gasteiger partial charge in [-0.1, -0.05) is 25.1 Å². The third-order valence-corrected chi connectivity index (χ3v) is 4.26. The largest absolute Gasteiger partial charge is 0.437 e. The molecule has 4 rings (SSSR count). The van der Waals surface area contributed by atoms with Gasteiger partial charge in [0, 0.05) is 5.56 Å². The molecule has 0 bridgehead atoms.